The third-order valence-electron chi connectivity index (χ3n) is 3.04. The minimum Gasteiger partial charge on any atom is -0.492 e. The van der Waals surface area contributed by atoms with E-state index in [0.717, 1.165) is 35.8 Å². The zero-order valence-corrected chi connectivity index (χ0v) is 13.5. The molecule has 0 fully saturated rings. The van der Waals surface area contributed by atoms with Gasteiger partial charge in [0.05, 0.1) is 0 Å². The van der Waals surface area contributed by atoms with Gasteiger partial charge >= 0.3 is 0 Å². The monoisotopic (exact) mass is 309 g/mol. The summed E-state index contributed by atoms with van der Waals surface area (Å²) in [6, 6.07) is 10.2. The summed E-state index contributed by atoms with van der Waals surface area (Å²) in [5.74, 6) is 0.889. The number of thiophene rings is 1. The van der Waals surface area contributed by atoms with Gasteiger partial charge in [0.2, 0.25) is 0 Å². The van der Waals surface area contributed by atoms with Crippen molar-refractivity contribution in [1.82, 2.24) is 5.32 Å². The number of ether oxygens (including phenoxy) is 1. The summed E-state index contributed by atoms with van der Waals surface area (Å²) >= 11 is 7.91. The molecular weight excluding hydrogens is 290 g/mol. The molecule has 1 heterocycles. The molecule has 0 unspecified atom stereocenters. The van der Waals surface area contributed by atoms with E-state index >= 15 is 0 Å². The van der Waals surface area contributed by atoms with Crippen molar-refractivity contribution in [2.45, 2.75) is 26.8 Å². The number of benzene rings is 1. The van der Waals surface area contributed by atoms with Gasteiger partial charge in [-0.05, 0) is 49.2 Å². The second-order valence-corrected chi connectivity index (χ2v) is 6.42. The largest absolute Gasteiger partial charge is 0.492 e. The smallest absolute Gasteiger partial charge is 0.119 e. The summed E-state index contributed by atoms with van der Waals surface area (Å²) in [7, 11) is 0. The minimum absolute atomic E-state index is 0.662. The first-order chi connectivity index (χ1) is 9.69. The zero-order chi connectivity index (χ0) is 14.4. The Labute approximate surface area is 129 Å². The Kier molecular flexibility index (Phi) is 5.89. The van der Waals surface area contributed by atoms with E-state index in [9.17, 15) is 0 Å². The summed E-state index contributed by atoms with van der Waals surface area (Å²) in [4.78, 5) is 2.72. The van der Waals surface area contributed by atoms with Crippen LogP contribution in [0.2, 0.25) is 5.02 Å². The van der Waals surface area contributed by atoms with E-state index in [2.05, 4.69) is 31.3 Å². The Morgan fingerprint density at radius 3 is 2.80 bits per heavy atom. The molecule has 0 aliphatic rings. The molecule has 1 aromatic heterocycles. The van der Waals surface area contributed by atoms with Gasteiger partial charge in [0.1, 0.15) is 12.4 Å². The molecule has 2 nitrogen and oxygen atoms in total. The van der Waals surface area contributed by atoms with Crippen molar-refractivity contribution < 1.29 is 4.74 Å². The van der Waals surface area contributed by atoms with Crippen LogP contribution in [0.25, 0.3) is 0 Å². The fourth-order valence-electron chi connectivity index (χ4n) is 1.94. The summed E-state index contributed by atoms with van der Waals surface area (Å²) in [5, 5.41) is 4.20. The van der Waals surface area contributed by atoms with Crippen LogP contribution in [0.3, 0.4) is 0 Å². The highest BCUT2D eigenvalue weighted by molar-refractivity contribution is 7.11. The predicted octanol–water partition coefficient (Wildman–Crippen LogP) is 4.44. The quantitative estimate of drug-likeness (QED) is 0.763. The molecule has 0 amide bonds. The van der Waals surface area contributed by atoms with Crippen molar-refractivity contribution in [3.05, 3.63) is 50.7 Å². The summed E-state index contributed by atoms with van der Waals surface area (Å²) < 4.78 is 5.73. The molecule has 4 heteroatoms. The maximum absolute atomic E-state index is 6.08. The highest BCUT2D eigenvalue weighted by atomic mass is 35.5. The van der Waals surface area contributed by atoms with Crippen LogP contribution in [-0.4, -0.2) is 13.2 Å². The van der Waals surface area contributed by atoms with Gasteiger partial charge in [-0.25, -0.2) is 0 Å². The summed E-state index contributed by atoms with van der Waals surface area (Å²) in [6.45, 7) is 6.62. The maximum Gasteiger partial charge on any atom is 0.119 e. The molecule has 20 heavy (non-hydrogen) atoms. The van der Waals surface area contributed by atoms with Crippen LogP contribution in [-0.2, 0) is 13.0 Å². The first kappa shape index (κ1) is 15.4. The van der Waals surface area contributed by atoms with Crippen LogP contribution in [0.5, 0.6) is 5.75 Å². The molecule has 1 aromatic carbocycles. The van der Waals surface area contributed by atoms with Gasteiger partial charge in [-0.2, -0.15) is 0 Å². The Hall–Kier alpha value is -1.03. The lowest BCUT2D eigenvalue weighted by Crippen LogP contribution is -2.20. The Balaban J connectivity index is 1.70. The van der Waals surface area contributed by atoms with Gasteiger partial charge in [-0.3, -0.25) is 0 Å². The standard InChI is InChI=1S/C16H20ClNOS/c1-3-13-10-14(5-7-16(13)17)19-9-8-18-11-15-6-4-12(2)20-15/h4-7,10,18H,3,8-9,11H2,1-2H3. The Morgan fingerprint density at radius 1 is 1.25 bits per heavy atom. The maximum atomic E-state index is 6.08. The molecule has 0 radical (unpaired) electrons. The fraction of sp³-hybridized carbons (Fsp3) is 0.375. The van der Waals surface area contributed by atoms with Gasteiger partial charge in [-0.1, -0.05) is 18.5 Å². The lowest BCUT2D eigenvalue weighted by atomic mass is 10.1. The SMILES string of the molecule is CCc1cc(OCCNCc2ccc(C)s2)ccc1Cl. The number of rotatable bonds is 7. The van der Waals surface area contributed by atoms with Crippen LogP contribution in [0.15, 0.2) is 30.3 Å². The highest BCUT2D eigenvalue weighted by Crippen LogP contribution is 2.22. The topological polar surface area (TPSA) is 21.3 Å². The van der Waals surface area contributed by atoms with Crippen molar-refractivity contribution in [2.24, 2.45) is 0 Å². The summed E-state index contributed by atoms with van der Waals surface area (Å²) in [5.41, 5.74) is 1.13. The molecule has 2 rings (SSSR count). The number of hydrogen-bond donors (Lipinski definition) is 1. The van der Waals surface area contributed by atoms with Gasteiger partial charge in [0.15, 0.2) is 0 Å². The third kappa shape index (κ3) is 4.51. The van der Waals surface area contributed by atoms with Crippen LogP contribution in [0.1, 0.15) is 22.2 Å². The first-order valence-electron chi connectivity index (χ1n) is 6.86. The lowest BCUT2D eigenvalue weighted by Gasteiger charge is -2.09. The summed E-state index contributed by atoms with van der Waals surface area (Å²) in [6.07, 6.45) is 0.923. The number of halogens is 1. The number of hydrogen-bond acceptors (Lipinski definition) is 3. The molecule has 0 saturated heterocycles. The van der Waals surface area contributed by atoms with E-state index in [0.29, 0.717) is 6.61 Å². The molecule has 0 atom stereocenters. The molecular formula is C16H20ClNOS. The van der Waals surface area contributed by atoms with E-state index < -0.39 is 0 Å². The van der Waals surface area contributed by atoms with Crippen molar-refractivity contribution in [3.63, 3.8) is 0 Å². The van der Waals surface area contributed by atoms with E-state index in [-0.39, 0.29) is 0 Å². The first-order valence-corrected chi connectivity index (χ1v) is 8.05. The second kappa shape index (κ2) is 7.67. The second-order valence-electron chi connectivity index (χ2n) is 4.64. The average Bonchev–Trinajstić information content (AvgIpc) is 2.86. The molecule has 108 valence electrons. The number of nitrogens with one attached hydrogen (secondary N) is 1. The van der Waals surface area contributed by atoms with Gasteiger partial charge < -0.3 is 10.1 Å². The number of aryl methyl sites for hydroxylation is 2. The molecule has 0 bridgehead atoms. The lowest BCUT2D eigenvalue weighted by molar-refractivity contribution is 0.313. The van der Waals surface area contributed by atoms with E-state index in [1.807, 2.05) is 29.5 Å². The van der Waals surface area contributed by atoms with Gasteiger partial charge in [-0.15, -0.1) is 11.3 Å². The fourth-order valence-corrected chi connectivity index (χ4v) is 3.06. The molecule has 2 aromatic rings. The Morgan fingerprint density at radius 2 is 2.10 bits per heavy atom. The van der Waals surface area contributed by atoms with E-state index in [4.69, 9.17) is 16.3 Å². The molecule has 1 N–H and O–H groups in total. The highest BCUT2D eigenvalue weighted by Gasteiger charge is 2.01. The van der Waals surface area contributed by atoms with E-state index in [1.165, 1.54) is 9.75 Å². The molecule has 0 aliphatic heterocycles. The van der Waals surface area contributed by atoms with Crippen LogP contribution >= 0.6 is 22.9 Å². The van der Waals surface area contributed by atoms with Crippen LogP contribution in [0.4, 0.5) is 0 Å². The van der Waals surface area contributed by atoms with Crippen LogP contribution in [0, 0.1) is 6.92 Å². The molecule has 0 spiro atoms. The average molecular weight is 310 g/mol. The molecule has 0 aliphatic carbocycles. The normalized spacial score (nSPS) is 10.8. The zero-order valence-electron chi connectivity index (χ0n) is 11.9. The predicted molar refractivity (Wildman–Crippen MR) is 87.1 cm³/mol. The Bertz CT molecular complexity index is 553. The van der Waals surface area contributed by atoms with Crippen molar-refractivity contribution >= 4 is 22.9 Å². The minimum atomic E-state index is 0.662. The van der Waals surface area contributed by atoms with Crippen molar-refractivity contribution in [2.75, 3.05) is 13.2 Å². The van der Waals surface area contributed by atoms with Crippen LogP contribution < -0.4 is 10.1 Å². The van der Waals surface area contributed by atoms with Gasteiger partial charge in [0, 0.05) is 27.9 Å². The van der Waals surface area contributed by atoms with Crippen molar-refractivity contribution in [3.8, 4) is 5.75 Å². The van der Waals surface area contributed by atoms with E-state index in [1.54, 1.807) is 0 Å². The van der Waals surface area contributed by atoms with Crippen molar-refractivity contribution in [1.29, 1.82) is 0 Å². The third-order valence-corrected chi connectivity index (χ3v) is 4.41. The van der Waals surface area contributed by atoms with Gasteiger partial charge in [0.25, 0.3) is 0 Å². The molecule has 0 saturated carbocycles.